The fraction of sp³-hybridized carbons (Fsp3) is 0.567. The first-order valence-corrected chi connectivity index (χ1v) is 13.5. The fourth-order valence-corrected chi connectivity index (χ4v) is 4.34. The van der Waals surface area contributed by atoms with Crippen LogP contribution in [0.3, 0.4) is 0 Å². The molecule has 0 amide bonds. The lowest BCUT2D eigenvalue weighted by Crippen LogP contribution is -2.27. The van der Waals surface area contributed by atoms with E-state index < -0.39 is 0 Å². The number of nitrogens with zero attached hydrogens (tertiary/aromatic N) is 4. The molecule has 0 fully saturated rings. The summed E-state index contributed by atoms with van der Waals surface area (Å²) in [4.78, 5) is 9.88. The number of fused-ring (bicyclic) bond motifs is 1. The Balaban J connectivity index is 0.00000481. The van der Waals surface area contributed by atoms with Crippen molar-refractivity contribution in [3.05, 3.63) is 48.0 Å². The molecule has 0 aliphatic heterocycles. The minimum atomic E-state index is 0. The van der Waals surface area contributed by atoms with Crippen molar-refractivity contribution in [3.63, 3.8) is 0 Å². The lowest BCUT2D eigenvalue weighted by molar-refractivity contribution is 0.236. The van der Waals surface area contributed by atoms with Gasteiger partial charge in [0.05, 0.1) is 18.1 Å². The summed E-state index contributed by atoms with van der Waals surface area (Å²) in [5.74, 6) is 3.18. The van der Waals surface area contributed by atoms with E-state index in [1.807, 2.05) is 12.1 Å². The largest absolute Gasteiger partial charge is 0.497 e. The Morgan fingerprint density at radius 2 is 1.57 bits per heavy atom. The highest BCUT2D eigenvalue weighted by atomic mass is 35.5. The van der Waals surface area contributed by atoms with Crippen LogP contribution in [-0.4, -0.2) is 66.7 Å². The number of anilines is 1. The van der Waals surface area contributed by atoms with Crippen molar-refractivity contribution >= 4 is 29.4 Å². The monoisotopic (exact) mass is 529 g/mol. The standard InChI is InChI=1S/C30H47N5O.ClH/c1-23(2)15-19-34(20-16-24(3)4)22-25-9-14-29-28(21-25)32-30(31-17-8-18-33(5)6)35(29)26-10-12-27(36-7)13-11-26;/h9-14,21,23-24H,8,15-20,22H2,1-7H3,(H,31,32);1H. The van der Waals surface area contributed by atoms with E-state index in [1.54, 1.807) is 7.11 Å². The van der Waals surface area contributed by atoms with Gasteiger partial charge in [0.2, 0.25) is 5.95 Å². The Morgan fingerprint density at radius 3 is 2.14 bits per heavy atom. The molecule has 6 nitrogen and oxygen atoms in total. The van der Waals surface area contributed by atoms with Crippen LogP contribution in [0.15, 0.2) is 42.5 Å². The van der Waals surface area contributed by atoms with Gasteiger partial charge in [-0.05, 0) is 107 Å². The van der Waals surface area contributed by atoms with Gasteiger partial charge in [0.15, 0.2) is 0 Å². The van der Waals surface area contributed by atoms with E-state index in [0.717, 1.165) is 79.4 Å². The van der Waals surface area contributed by atoms with Crippen LogP contribution in [0.4, 0.5) is 5.95 Å². The Kier molecular flexibility index (Phi) is 12.7. The summed E-state index contributed by atoms with van der Waals surface area (Å²) >= 11 is 0. The zero-order valence-electron chi connectivity index (χ0n) is 24.0. The summed E-state index contributed by atoms with van der Waals surface area (Å²) in [6.07, 6.45) is 3.52. The van der Waals surface area contributed by atoms with Gasteiger partial charge >= 0.3 is 0 Å². The van der Waals surface area contributed by atoms with E-state index in [0.29, 0.717) is 0 Å². The highest BCUT2D eigenvalue weighted by Gasteiger charge is 2.15. The highest BCUT2D eigenvalue weighted by Crippen LogP contribution is 2.27. The topological polar surface area (TPSA) is 45.6 Å². The molecule has 0 aliphatic rings. The summed E-state index contributed by atoms with van der Waals surface area (Å²) in [5, 5.41) is 3.59. The van der Waals surface area contributed by atoms with Crippen LogP contribution in [0.1, 0.15) is 52.5 Å². The maximum atomic E-state index is 5.38. The van der Waals surface area contributed by atoms with E-state index in [4.69, 9.17) is 9.72 Å². The van der Waals surface area contributed by atoms with Crippen LogP contribution in [0.5, 0.6) is 5.75 Å². The van der Waals surface area contributed by atoms with E-state index in [2.05, 4.69) is 91.8 Å². The number of nitrogens with one attached hydrogen (secondary N) is 1. The van der Waals surface area contributed by atoms with Crippen molar-refractivity contribution in [1.82, 2.24) is 19.4 Å². The molecular weight excluding hydrogens is 482 g/mol. The molecule has 0 atom stereocenters. The number of rotatable bonds is 15. The number of imidazole rings is 1. The van der Waals surface area contributed by atoms with Crippen LogP contribution < -0.4 is 10.1 Å². The minimum absolute atomic E-state index is 0. The van der Waals surface area contributed by atoms with Crippen molar-refractivity contribution in [2.24, 2.45) is 11.8 Å². The third kappa shape index (κ3) is 9.51. The predicted octanol–water partition coefficient (Wildman–Crippen LogP) is 6.71. The van der Waals surface area contributed by atoms with Gasteiger partial charge in [-0.1, -0.05) is 33.8 Å². The summed E-state index contributed by atoms with van der Waals surface area (Å²) in [6, 6.07) is 15.0. The van der Waals surface area contributed by atoms with Gasteiger partial charge in [0.25, 0.3) is 0 Å². The molecule has 0 spiro atoms. The second-order valence-electron chi connectivity index (χ2n) is 11.0. The average Bonchev–Trinajstić information content (AvgIpc) is 3.20. The molecule has 7 heteroatoms. The Morgan fingerprint density at radius 1 is 0.919 bits per heavy atom. The highest BCUT2D eigenvalue weighted by molar-refractivity contribution is 5.85. The van der Waals surface area contributed by atoms with E-state index in [1.165, 1.54) is 18.4 Å². The molecular formula is C30H48ClN5O. The number of ether oxygens (including phenoxy) is 1. The molecule has 206 valence electrons. The molecule has 0 aliphatic carbocycles. The van der Waals surface area contributed by atoms with Gasteiger partial charge < -0.3 is 15.0 Å². The lowest BCUT2D eigenvalue weighted by Gasteiger charge is -2.24. The van der Waals surface area contributed by atoms with E-state index in [-0.39, 0.29) is 12.4 Å². The van der Waals surface area contributed by atoms with Crippen LogP contribution in [0, 0.1) is 11.8 Å². The minimum Gasteiger partial charge on any atom is -0.497 e. The van der Waals surface area contributed by atoms with Crippen LogP contribution >= 0.6 is 12.4 Å². The second-order valence-corrected chi connectivity index (χ2v) is 11.0. The average molecular weight is 530 g/mol. The zero-order chi connectivity index (χ0) is 26.1. The molecule has 0 saturated carbocycles. The van der Waals surface area contributed by atoms with Gasteiger partial charge in [0, 0.05) is 18.8 Å². The number of hydrogen-bond acceptors (Lipinski definition) is 5. The first kappa shape index (κ1) is 30.9. The Hall–Kier alpha value is -2.28. The number of methoxy groups -OCH3 is 1. The van der Waals surface area contributed by atoms with E-state index >= 15 is 0 Å². The SMILES string of the molecule is COc1ccc(-n2c(NCCCN(C)C)nc3cc(CN(CCC(C)C)CCC(C)C)ccc32)cc1.Cl. The zero-order valence-corrected chi connectivity index (χ0v) is 24.8. The molecule has 0 saturated heterocycles. The van der Waals surface area contributed by atoms with E-state index in [9.17, 15) is 0 Å². The van der Waals surface area contributed by atoms with Crippen LogP contribution in [0.2, 0.25) is 0 Å². The van der Waals surface area contributed by atoms with Crippen molar-refractivity contribution < 1.29 is 4.74 Å². The predicted molar refractivity (Wildman–Crippen MR) is 161 cm³/mol. The Labute approximate surface area is 230 Å². The second kappa shape index (κ2) is 15.2. The maximum absolute atomic E-state index is 5.38. The first-order chi connectivity index (χ1) is 17.3. The summed E-state index contributed by atoms with van der Waals surface area (Å²) in [6.45, 7) is 14.4. The normalized spacial score (nSPS) is 11.6. The first-order valence-electron chi connectivity index (χ1n) is 13.5. The quantitative estimate of drug-likeness (QED) is 0.221. The molecule has 1 heterocycles. The van der Waals surface area contributed by atoms with Crippen molar-refractivity contribution in [2.45, 2.75) is 53.5 Å². The Bertz CT molecular complexity index is 1050. The van der Waals surface area contributed by atoms with Gasteiger partial charge in [-0.15, -0.1) is 12.4 Å². The third-order valence-electron chi connectivity index (χ3n) is 6.57. The van der Waals surface area contributed by atoms with Crippen LogP contribution in [0.25, 0.3) is 16.7 Å². The van der Waals surface area contributed by atoms with Crippen molar-refractivity contribution in [3.8, 4) is 11.4 Å². The molecule has 0 bridgehead atoms. The smallest absolute Gasteiger partial charge is 0.208 e. The molecule has 1 N–H and O–H groups in total. The molecule has 3 aromatic rings. The molecule has 0 unspecified atom stereocenters. The molecule has 1 aromatic heterocycles. The lowest BCUT2D eigenvalue weighted by atomic mass is 10.1. The molecule has 2 aromatic carbocycles. The number of benzene rings is 2. The third-order valence-corrected chi connectivity index (χ3v) is 6.57. The molecule has 0 radical (unpaired) electrons. The fourth-order valence-electron chi connectivity index (χ4n) is 4.34. The van der Waals surface area contributed by atoms with Gasteiger partial charge in [-0.3, -0.25) is 9.47 Å². The summed E-state index contributed by atoms with van der Waals surface area (Å²) in [7, 11) is 5.92. The van der Waals surface area contributed by atoms with Gasteiger partial charge in [0.1, 0.15) is 5.75 Å². The summed E-state index contributed by atoms with van der Waals surface area (Å²) < 4.78 is 7.60. The van der Waals surface area contributed by atoms with Gasteiger partial charge in [-0.25, -0.2) is 4.98 Å². The number of hydrogen-bond donors (Lipinski definition) is 1. The molecule has 3 rings (SSSR count). The number of halogens is 1. The molecule has 37 heavy (non-hydrogen) atoms. The maximum Gasteiger partial charge on any atom is 0.208 e. The number of aromatic nitrogens is 2. The van der Waals surface area contributed by atoms with Crippen molar-refractivity contribution in [2.75, 3.05) is 52.7 Å². The van der Waals surface area contributed by atoms with Crippen LogP contribution in [-0.2, 0) is 6.54 Å². The van der Waals surface area contributed by atoms with Gasteiger partial charge in [-0.2, -0.15) is 0 Å². The summed E-state index contributed by atoms with van der Waals surface area (Å²) in [5.41, 5.74) is 4.56. The van der Waals surface area contributed by atoms with Crippen molar-refractivity contribution in [1.29, 1.82) is 0 Å².